The van der Waals surface area contributed by atoms with Crippen molar-refractivity contribution < 1.29 is 33.3 Å². The summed E-state index contributed by atoms with van der Waals surface area (Å²) in [7, 11) is 0. The minimum atomic E-state index is -1.15. The van der Waals surface area contributed by atoms with Gasteiger partial charge < -0.3 is 19.3 Å². The minimum Gasteiger partial charge on any atom is -0.474 e. The molecular formula is C25H24ClFN4O6. The van der Waals surface area contributed by atoms with E-state index in [-0.39, 0.29) is 47.5 Å². The molecule has 0 unspecified atom stereocenters. The Kier molecular flexibility index (Phi) is 6.74. The number of pyridine rings is 2. The van der Waals surface area contributed by atoms with Crippen LogP contribution in [0.15, 0.2) is 24.5 Å². The number of carbonyl (C=O) groups excluding carboxylic acids is 1. The Morgan fingerprint density at radius 2 is 2.08 bits per heavy atom. The molecule has 0 saturated carbocycles. The average Bonchev–Trinajstić information content (AvgIpc) is 3.28. The first-order valence-corrected chi connectivity index (χ1v) is 12.1. The fraction of sp³-hybridized carbons (Fsp3) is 0.360. The molecule has 2 amide bonds. The molecule has 4 heterocycles. The van der Waals surface area contributed by atoms with Crippen molar-refractivity contribution in [3.05, 3.63) is 40.9 Å². The first kappa shape index (κ1) is 25.0. The molecule has 12 heteroatoms. The lowest BCUT2D eigenvalue weighted by Gasteiger charge is -2.29. The molecule has 5 rings (SSSR count). The molecular weight excluding hydrogens is 507 g/mol. The highest BCUT2D eigenvalue weighted by molar-refractivity contribution is 6.36. The molecule has 10 nitrogen and oxygen atoms in total. The Labute approximate surface area is 216 Å². The Balaban J connectivity index is 1.54. The van der Waals surface area contributed by atoms with Crippen molar-refractivity contribution in [2.75, 3.05) is 36.6 Å². The lowest BCUT2D eigenvalue weighted by Crippen LogP contribution is -2.38. The number of carbonyl (C=O) groups is 2. The third kappa shape index (κ3) is 4.60. The molecule has 1 fully saturated rings. The molecule has 1 aromatic carbocycles. The number of rotatable bonds is 4. The number of nitrogens with one attached hydrogen (secondary N) is 1. The second kappa shape index (κ2) is 9.98. The number of hydrogen-bond donors (Lipinski definition) is 2. The summed E-state index contributed by atoms with van der Waals surface area (Å²) in [6.45, 7) is 4.91. The molecule has 37 heavy (non-hydrogen) atoms. The van der Waals surface area contributed by atoms with Gasteiger partial charge in [0, 0.05) is 34.8 Å². The number of nitrogens with zero attached hydrogens (tertiary/aromatic N) is 3. The Morgan fingerprint density at radius 3 is 2.78 bits per heavy atom. The Hall–Kier alpha value is -3.70. The van der Waals surface area contributed by atoms with Crippen LogP contribution in [-0.4, -0.2) is 59.7 Å². The van der Waals surface area contributed by atoms with Gasteiger partial charge in [-0.25, -0.2) is 23.9 Å². The SMILES string of the molecule is CCc1c(-c2cc3cc(NC(=O)O[C@H]4COC[C@@H]4C)ncc3c(Cl)c2F)cnc2c1N(C(=O)O)CCO2. The maximum Gasteiger partial charge on any atom is 0.413 e. The predicted molar refractivity (Wildman–Crippen MR) is 134 cm³/mol. The molecule has 0 radical (unpaired) electrons. The number of benzene rings is 1. The maximum atomic E-state index is 15.5. The van der Waals surface area contributed by atoms with Gasteiger partial charge in [0.15, 0.2) is 0 Å². The number of aromatic nitrogens is 2. The van der Waals surface area contributed by atoms with Crippen LogP contribution in [0, 0.1) is 11.7 Å². The van der Waals surface area contributed by atoms with Gasteiger partial charge in [-0.05, 0) is 29.5 Å². The van der Waals surface area contributed by atoms with E-state index in [1.54, 1.807) is 12.1 Å². The van der Waals surface area contributed by atoms with Crippen molar-refractivity contribution in [3.63, 3.8) is 0 Å². The van der Waals surface area contributed by atoms with Gasteiger partial charge in [0.2, 0.25) is 5.88 Å². The van der Waals surface area contributed by atoms with Gasteiger partial charge in [-0.15, -0.1) is 0 Å². The lowest BCUT2D eigenvalue weighted by molar-refractivity contribution is 0.0843. The number of hydrogen-bond acceptors (Lipinski definition) is 7. The van der Waals surface area contributed by atoms with Gasteiger partial charge in [-0.1, -0.05) is 25.4 Å². The highest BCUT2D eigenvalue weighted by Gasteiger charge is 2.30. The van der Waals surface area contributed by atoms with Crippen molar-refractivity contribution in [2.45, 2.75) is 26.4 Å². The van der Waals surface area contributed by atoms with E-state index in [0.29, 0.717) is 47.2 Å². The summed E-state index contributed by atoms with van der Waals surface area (Å²) in [5.74, 6) is -0.235. The standard InChI is InChI=1S/C25H24ClFN4O6/c1-3-14-17(9-29-23-22(14)31(25(33)34)4-5-36-23)15-6-13-7-19(28-8-16(13)20(26)21(15)27)30-24(32)37-18-11-35-10-12(18)2/h6-9,12,18H,3-5,10-11H2,1-2H3,(H,33,34)(H,28,30,32)/t12-,18-/m0/s1. The van der Waals surface area contributed by atoms with Gasteiger partial charge in [0.1, 0.15) is 30.0 Å². The second-order valence-electron chi connectivity index (χ2n) is 8.87. The highest BCUT2D eigenvalue weighted by atomic mass is 35.5. The normalized spacial score (nSPS) is 18.9. The van der Waals surface area contributed by atoms with E-state index in [4.69, 9.17) is 25.8 Å². The summed E-state index contributed by atoms with van der Waals surface area (Å²) in [5, 5.41) is 13.0. The quantitative estimate of drug-likeness (QED) is 0.477. The van der Waals surface area contributed by atoms with E-state index in [1.807, 2.05) is 13.8 Å². The van der Waals surface area contributed by atoms with E-state index < -0.39 is 18.0 Å². The van der Waals surface area contributed by atoms with Crippen molar-refractivity contribution >= 4 is 46.1 Å². The molecule has 2 aromatic heterocycles. The zero-order valence-electron chi connectivity index (χ0n) is 20.1. The van der Waals surface area contributed by atoms with Crippen LogP contribution in [0.25, 0.3) is 21.9 Å². The van der Waals surface area contributed by atoms with Gasteiger partial charge in [-0.3, -0.25) is 10.2 Å². The van der Waals surface area contributed by atoms with Gasteiger partial charge in [-0.2, -0.15) is 0 Å². The summed E-state index contributed by atoms with van der Waals surface area (Å²) >= 11 is 6.40. The van der Waals surface area contributed by atoms with Crippen LogP contribution < -0.4 is 15.0 Å². The molecule has 2 aliphatic heterocycles. The summed E-state index contributed by atoms with van der Waals surface area (Å²) in [6.07, 6.45) is 1.03. The predicted octanol–water partition coefficient (Wildman–Crippen LogP) is 5.11. The Bertz CT molecular complexity index is 1400. The molecule has 0 bridgehead atoms. The molecule has 0 spiro atoms. The van der Waals surface area contributed by atoms with Crippen LogP contribution in [0.5, 0.6) is 5.88 Å². The zero-order valence-corrected chi connectivity index (χ0v) is 20.8. The van der Waals surface area contributed by atoms with Gasteiger partial charge in [0.05, 0.1) is 24.8 Å². The summed E-state index contributed by atoms with van der Waals surface area (Å²) in [6, 6.07) is 3.13. The van der Waals surface area contributed by atoms with Crippen molar-refractivity contribution in [1.29, 1.82) is 0 Å². The van der Waals surface area contributed by atoms with Crippen LogP contribution in [-0.2, 0) is 15.9 Å². The van der Waals surface area contributed by atoms with Crippen LogP contribution in [0.2, 0.25) is 5.02 Å². The van der Waals surface area contributed by atoms with Crippen LogP contribution in [0.3, 0.4) is 0 Å². The fourth-order valence-corrected chi connectivity index (χ4v) is 4.85. The number of fused-ring (bicyclic) bond motifs is 2. The van der Waals surface area contributed by atoms with E-state index in [0.717, 1.165) is 4.90 Å². The van der Waals surface area contributed by atoms with E-state index >= 15 is 4.39 Å². The Morgan fingerprint density at radius 1 is 1.27 bits per heavy atom. The number of carboxylic acid groups (broad SMARTS) is 1. The number of halogens is 2. The summed E-state index contributed by atoms with van der Waals surface area (Å²) in [5.41, 5.74) is 1.38. The molecule has 1 saturated heterocycles. The molecule has 2 N–H and O–H groups in total. The van der Waals surface area contributed by atoms with E-state index in [2.05, 4.69) is 15.3 Å². The first-order chi connectivity index (χ1) is 17.8. The molecule has 2 aliphatic rings. The number of anilines is 2. The van der Waals surface area contributed by atoms with Crippen LogP contribution in [0.1, 0.15) is 19.4 Å². The van der Waals surface area contributed by atoms with Gasteiger partial charge >= 0.3 is 12.2 Å². The first-order valence-electron chi connectivity index (χ1n) is 11.8. The fourth-order valence-electron chi connectivity index (χ4n) is 4.59. The second-order valence-corrected chi connectivity index (χ2v) is 9.24. The van der Waals surface area contributed by atoms with Crippen LogP contribution >= 0.6 is 11.6 Å². The monoisotopic (exact) mass is 530 g/mol. The largest absolute Gasteiger partial charge is 0.474 e. The van der Waals surface area contributed by atoms with E-state index in [9.17, 15) is 14.7 Å². The zero-order chi connectivity index (χ0) is 26.3. The average molecular weight is 531 g/mol. The van der Waals surface area contributed by atoms with Gasteiger partial charge in [0.25, 0.3) is 0 Å². The van der Waals surface area contributed by atoms with E-state index in [1.165, 1.54) is 12.4 Å². The molecule has 194 valence electrons. The topological polar surface area (TPSA) is 123 Å². The van der Waals surface area contributed by atoms with Crippen molar-refractivity contribution in [2.24, 2.45) is 5.92 Å². The maximum absolute atomic E-state index is 15.5. The molecule has 2 atom stereocenters. The third-order valence-electron chi connectivity index (χ3n) is 6.51. The number of amides is 2. The molecule has 3 aromatic rings. The number of ether oxygens (including phenoxy) is 3. The van der Waals surface area contributed by atoms with Crippen molar-refractivity contribution in [3.8, 4) is 17.0 Å². The van der Waals surface area contributed by atoms with Crippen molar-refractivity contribution in [1.82, 2.24) is 9.97 Å². The smallest absolute Gasteiger partial charge is 0.413 e. The summed E-state index contributed by atoms with van der Waals surface area (Å²) in [4.78, 5) is 33.8. The minimum absolute atomic E-state index is 0.0834. The highest BCUT2D eigenvalue weighted by Crippen LogP contribution is 2.42. The summed E-state index contributed by atoms with van der Waals surface area (Å²) < 4.78 is 31.8. The molecule has 0 aliphatic carbocycles. The van der Waals surface area contributed by atoms with Crippen LogP contribution in [0.4, 0.5) is 25.5 Å². The lowest BCUT2D eigenvalue weighted by atomic mass is 9.95. The third-order valence-corrected chi connectivity index (χ3v) is 6.88.